The molecule has 35 heavy (non-hydrogen) atoms. The number of hydrazone groups is 1. The number of aromatic nitrogens is 3. The third kappa shape index (κ3) is 6.35. The van der Waals surface area contributed by atoms with E-state index in [1.54, 1.807) is 18.2 Å². The predicted molar refractivity (Wildman–Crippen MR) is 138 cm³/mol. The highest BCUT2D eigenvalue weighted by molar-refractivity contribution is 7.99. The van der Waals surface area contributed by atoms with Gasteiger partial charge in [-0.15, -0.1) is 10.2 Å². The topological polar surface area (TPSA) is 102 Å². The van der Waals surface area contributed by atoms with Gasteiger partial charge < -0.3 is 9.84 Å². The normalized spacial score (nSPS) is 14.3. The summed E-state index contributed by atoms with van der Waals surface area (Å²) in [5.41, 5.74) is 3.91. The first-order valence-corrected chi connectivity index (χ1v) is 13.0. The number of carbonyl (C=O) groups excluding carboxylic acids is 1. The summed E-state index contributed by atoms with van der Waals surface area (Å²) in [5.74, 6) is 0.999. The van der Waals surface area contributed by atoms with Gasteiger partial charge >= 0.3 is 0 Å². The molecule has 0 unspecified atom stereocenters. The maximum atomic E-state index is 12.5. The molecular formula is C25H28ClN5O3S. The van der Waals surface area contributed by atoms with Crippen molar-refractivity contribution in [1.82, 2.24) is 20.2 Å². The molecule has 10 heteroatoms. The highest BCUT2D eigenvalue weighted by atomic mass is 35.5. The van der Waals surface area contributed by atoms with Gasteiger partial charge in [-0.1, -0.05) is 48.7 Å². The Labute approximate surface area is 213 Å². The first-order chi connectivity index (χ1) is 17.1. The summed E-state index contributed by atoms with van der Waals surface area (Å²) in [4.78, 5) is 12.5. The number of carbonyl (C=O) groups is 1. The molecule has 2 N–H and O–H groups in total. The standard InChI is InChI=1S/C25H28ClN5O3S/c1-2-34-21-10-6-7-18(23(21)33)15-27-28-22(32)16-35-25-30-29-24(17-11-13-19(26)14-12-17)31(25)20-8-4-3-5-9-20/h6-7,10-15,20,33H,2-5,8-9,16H2,1H3,(H,28,32)/b27-15+. The van der Waals surface area contributed by atoms with Crippen molar-refractivity contribution in [2.24, 2.45) is 5.10 Å². The number of hydrogen-bond acceptors (Lipinski definition) is 7. The SMILES string of the molecule is CCOc1cccc(/C=N/NC(=O)CSc2nnc(-c3ccc(Cl)cc3)n2C2CCCCC2)c1O. The molecule has 1 aliphatic carbocycles. The number of rotatable bonds is 9. The van der Waals surface area contributed by atoms with Gasteiger partial charge in [-0.05, 0) is 56.2 Å². The van der Waals surface area contributed by atoms with Gasteiger partial charge in [0.15, 0.2) is 22.5 Å². The zero-order valence-electron chi connectivity index (χ0n) is 19.5. The van der Waals surface area contributed by atoms with Crippen molar-refractivity contribution in [2.45, 2.75) is 50.2 Å². The number of benzene rings is 2. The van der Waals surface area contributed by atoms with Crippen LogP contribution < -0.4 is 10.2 Å². The highest BCUT2D eigenvalue weighted by Gasteiger charge is 2.24. The molecule has 0 radical (unpaired) electrons. The molecule has 1 heterocycles. The average Bonchev–Trinajstić information content (AvgIpc) is 3.30. The smallest absolute Gasteiger partial charge is 0.250 e. The third-order valence-electron chi connectivity index (χ3n) is 5.76. The van der Waals surface area contributed by atoms with Crippen LogP contribution in [0.3, 0.4) is 0 Å². The van der Waals surface area contributed by atoms with Crippen molar-refractivity contribution in [2.75, 3.05) is 12.4 Å². The second-order valence-corrected chi connectivity index (χ2v) is 9.56. The van der Waals surface area contributed by atoms with Gasteiger partial charge in [0.05, 0.1) is 18.6 Å². The van der Waals surface area contributed by atoms with Gasteiger partial charge in [0.1, 0.15) is 0 Å². The van der Waals surface area contributed by atoms with Crippen LogP contribution in [-0.4, -0.2) is 44.4 Å². The van der Waals surface area contributed by atoms with Crippen LogP contribution >= 0.6 is 23.4 Å². The number of phenolic OH excluding ortho intramolecular Hbond substituents is 1. The number of para-hydroxylation sites is 1. The molecule has 0 spiro atoms. The number of nitrogens with one attached hydrogen (secondary N) is 1. The number of amides is 1. The summed E-state index contributed by atoms with van der Waals surface area (Å²) in [7, 11) is 0. The Kier molecular flexibility index (Phi) is 8.65. The Morgan fingerprint density at radius 3 is 2.74 bits per heavy atom. The van der Waals surface area contributed by atoms with Crippen LogP contribution in [0.25, 0.3) is 11.4 Å². The summed E-state index contributed by atoms with van der Waals surface area (Å²) in [6.45, 7) is 2.28. The minimum Gasteiger partial charge on any atom is -0.504 e. The van der Waals surface area contributed by atoms with Crippen LogP contribution in [-0.2, 0) is 4.79 Å². The molecule has 184 valence electrons. The lowest BCUT2D eigenvalue weighted by molar-refractivity contribution is -0.118. The summed E-state index contributed by atoms with van der Waals surface area (Å²) in [5, 5.41) is 24.5. The molecule has 0 atom stereocenters. The molecule has 3 aromatic rings. The van der Waals surface area contributed by atoms with Crippen LogP contribution in [0, 0.1) is 0 Å². The number of aromatic hydroxyl groups is 1. The van der Waals surface area contributed by atoms with Crippen LogP contribution in [0.1, 0.15) is 50.6 Å². The second kappa shape index (κ2) is 12.1. The molecule has 0 saturated heterocycles. The first-order valence-electron chi connectivity index (χ1n) is 11.7. The van der Waals surface area contributed by atoms with E-state index in [4.69, 9.17) is 16.3 Å². The van der Waals surface area contributed by atoms with Crippen LogP contribution in [0.15, 0.2) is 52.7 Å². The van der Waals surface area contributed by atoms with E-state index < -0.39 is 0 Å². The van der Waals surface area contributed by atoms with Crippen molar-refractivity contribution >= 4 is 35.5 Å². The lowest BCUT2D eigenvalue weighted by Gasteiger charge is -2.25. The quantitative estimate of drug-likeness (QED) is 0.224. The van der Waals surface area contributed by atoms with E-state index in [0.717, 1.165) is 24.2 Å². The second-order valence-electron chi connectivity index (χ2n) is 8.18. The Balaban J connectivity index is 1.43. The van der Waals surface area contributed by atoms with Gasteiger partial charge in [-0.3, -0.25) is 9.36 Å². The molecule has 1 fully saturated rings. The highest BCUT2D eigenvalue weighted by Crippen LogP contribution is 2.35. The van der Waals surface area contributed by atoms with Gasteiger partial charge in [0.25, 0.3) is 5.91 Å². The predicted octanol–water partition coefficient (Wildman–Crippen LogP) is 5.45. The largest absolute Gasteiger partial charge is 0.504 e. The maximum Gasteiger partial charge on any atom is 0.250 e. The van der Waals surface area contributed by atoms with Crippen LogP contribution in [0.2, 0.25) is 5.02 Å². The average molecular weight is 514 g/mol. The first kappa shape index (κ1) is 25.1. The third-order valence-corrected chi connectivity index (χ3v) is 6.96. The van der Waals surface area contributed by atoms with Crippen molar-refractivity contribution in [3.8, 4) is 22.9 Å². The number of nitrogens with zero attached hydrogens (tertiary/aromatic N) is 4. The maximum absolute atomic E-state index is 12.5. The van der Waals surface area contributed by atoms with E-state index >= 15 is 0 Å². The van der Waals surface area contributed by atoms with E-state index in [-0.39, 0.29) is 17.4 Å². The minimum atomic E-state index is -0.280. The zero-order chi connectivity index (χ0) is 24.6. The minimum absolute atomic E-state index is 0.0166. The van der Waals surface area contributed by atoms with E-state index in [9.17, 15) is 9.90 Å². The Bertz CT molecular complexity index is 1180. The molecule has 8 nitrogen and oxygen atoms in total. The van der Waals surface area contributed by atoms with E-state index in [1.807, 2.05) is 31.2 Å². The molecule has 1 aliphatic rings. The Hall–Kier alpha value is -3.04. The van der Waals surface area contributed by atoms with Gasteiger partial charge in [0, 0.05) is 22.2 Å². The molecule has 1 aromatic heterocycles. The molecule has 1 amide bonds. The van der Waals surface area contributed by atoms with E-state index in [2.05, 4.69) is 25.3 Å². The van der Waals surface area contributed by atoms with Crippen molar-refractivity contribution < 1.29 is 14.6 Å². The molecule has 2 aromatic carbocycles. The van der Waals surface area contributed by atoms with E-state index in [1.165, 1.54) is 37.2 Å². The molecule has 0 bridgehead atoms. The van der Waals surface area contributed by atoms with Crippen molar-refractivity contribution in [3.63, 3.8) is 0 Å². The number of phenols is 1. The monoisotopic (exact) mass is 513 g/mol. The Morgan fingerprint density at radius 2 is 2.00 bits per heavy atom. The number of hydrogen-bond donors (Lipinski definition) is 2. The Morgan fingerprint density at radius 1 is 1.23 bits per heavy atom. The fraction of sp³-hybridized carbons (Fsp3) is 0.360. The van der Waals surface area contributed by atoms with Gasteiger partial charge in [0.2, 0.25) is 0 Å². The molecule has 0 aliphatic heterocycles. The summed E-state index contributed by atoms with van der Waals surface area (Å²) in [6.07, 6.45) is 7.09. The summed E-state index contributed by atoms with van der Waals surface area (Å²) >= 11 is 7.40. The molecule has 1 saturated carbocycles. The lowest BCUT2D eigenvalue weighted by atomic mass is 9.95. The number of halogens is 1. The van der Waals surface area contributed by atoms with Gasteiger partial charge in [-0.25, -0.2) is 5.43 Å². The van der Waals surface area contributed by atoms with Crippen molar-refractivity contribution in [1.29, 1.82) is 0 Å². The van der Waals surface area contributed by atoms with Crippen LogP contribution in [0.4, 0.5) is 0 Å². The van der Waals surface area contributed by atoms with Crippen LogP contribution in [0.5, 0.6) is 11.5 Å². The number of ether oxygens (including phenoxy) is 1. The van der Waals surface area contributed by atoms with E-state index in [0.29, 0.717) is 34.1 Å². The lowest BCUT2D eigenvalue weighted by Crippen LogP contribution is -2.20. The molecular weight excluding hydrogens is 486 g/mol. The fourth-order valence-electron chi connectivity index (χ4n) is 4.09. The summed E-state index contributed by atoms with van der Waals surface area (Å²) < 4.78 is 7.54. The summed E-state index contributed by atoms with van der Waals surface area (Å²) in [6, 6.07) is 13.0. The van der Waals surface area contributed by atoms with Gasteiger partial charge in [-0.2, -0.15) is 5.10 Å². The van der Waals surface area contributed by atoms with Crippen molar-refractivity contribution in [3.05, 3.63) is 53.1 Å². The zero-order valence-corrected chi connectivity index (χ0v) is 21.1. The number of thioether (sulfide) groups is 1. The fourth-order valence-corrected chi connectivity index (χ4v) is 5.02. The molecule has 4 rings (SSSR count).